The first-order valence-corrected chi connectivity index (χ1v) is 4.52. The Labute approximate surface area is 104 Å². The van der Waals surface area contributed by atoms with Gasteiger partial charge in [0.05, 0.1) is 0 Å². The van der Waals surface area contributed by atoms with E-state index in [1.54, 1.807) is 0 Å². The van der Waals surface area contributed by atoms with Gasteiger partial charge in [0.2, 0.25) is 6.10 Å². The fourth-order valence-corrected chi connectivity index (χ4v) is 0.838. The van der Waals surface area contributed by atoms with Crippen molar-refractivity contribution in [3.8, 4) is 0 Å². The number of carbonyl (C=O) groups excluding carboxylic acids is 1. The zero-order valence-electron chi connectivity index (χ0n) is 9.03. The van der Waals surface area contributed by atoms with Crippen molar-refractivity contribution < 1.29 is 54.6 Å². The lowest BCUT2D eigenvalue weighted by Gasteiger charge is -2.19. The number of ether oxygens (including phenoxy) is 1. The molecule has 0 aromatic rings. The van der Waals surface area contributed by atoms with Crippen LogP contribution in [0.15, 0.2) is 0 Å². The molecule has 0 saturated carbocycles. The van der Waals surface area contributed by atoms with Gasteiger partial charge >= 0.3 is 23.9 Å². The Balaban J connectivity index is 4.87. The molecule has 0 bridgehead atoms. The SMILES string of the molecule is O=C(O)[C@H](O)[C@@H](O)C(=O)O[C@@H](C(=O)O)[C@@H](O)C(=O)O. The Kier molecular flexibility index (Phi) is 5.85. The standard InChI is InChI=1S/C8H10O11/c9-1(5(12)13)2(10)8(18)19-4(7(16)17)3(11)6(14)15/h1-4,9-11H,(H,12,13)(H,14,15)(H,16,17)/t1-,2-,3-,4-/m1/s1. The van der Waals surface area contributed by atoms with E-state index in [1.807, 2.05) is 0 Å². The number of carboxylic acids is 3. The third-order valence-electron chi connectivity index (χ3n) is 1.82. The van der Waals surface area contributed by atoms with Gasteiger partial charge in [-0.1, -0.05) is 0 Å². The quantitative estimate of drug-likeness (QED) is 0.250. The van der Waals surface area contributed by atoms with Crippen molar-refractivity contribution >= 4 is 23.9 Å². The van der Waals surface area contributed by atoms with Gasteiger partial charge in [-0.3, -0.25) is 0 Å². The molecule has 0 amide bonds. The second-order valence-corrected chi connectivity index (χ2v) is 3.21. The zero-order valence-corrected chi connectivity index (χ0v) is 9.03. The van der Waals surface area contributed by atoms with E-state index in [4.69, 9.17) is 30.6 Å². The van der Waals surface area contributed by atoms with Crippen LogP contribution in [0.25, 0.3) is 0 Å². The Morgan fingerprint density at radius 2 is 1.11 bits per heavy atom. The summed E-state index contributed by atoms with van der Waals surface area (Å²) in [7, 11) is 0. The smallest absolute Gasteiger partial charge is 0.348 e. The summed E-state index contributed by atoms with van der Waals surface area (Å²) in [6.45, 7) is 0. The predicted molar refractivity (Wildman–Crippen MR) is 50.8 cm³/mol. The van der Waals surface area contributed by atoms with Crippen LogP contribution in [0.5, 0.6) is 0 Å². The molecule has 0 radical (unpaired) electrons. The van der Waals surface area contributed by atoms with E-state index < -0.39 is 48.3 Å². The van der Waals surface area contributed by atoms with Gasteiger partial charge in [-0.05, 0) is 0 Å². The summed E-state index contributed by atoms with van der Waals surface area (Å²) in [5.41, 5.74) is 0. The second-order valence-electron chi connectivity index (χ2n) is 3.21. The molecule has 6 N–H and O–H groups in total. The fraction of sp³-hybridized carbons (Fsp3) is 0.500. The van der Waals surface area contributed by atoms with Crippen LogP contribution in [0.4, 0.5) is 0 Å². The topological polar surface area (TPSA) is 199 Å². The molecule has 0 aliphatic rings. The van der Waals surface area contributed by atoms with E-state index >= 15 is 0 Å². The summed E-state index contributed by atoms with van der Waals surface area (Å²) in [5, 5.41) is 51.8. The van der Waals surface area contributed by atoms with Gasteiger partial charge in [0.15, 0.2) is 18.3 Å². The van der Waals surface area contributed by atoms with Crippen LogP contribution in [0.2, 0.25) is 0 Å². The first kappa shape index (κ1) is 16.8. The minimum atomic E-state index is -2.64. The highest BCUT2D eigenvalue weighted by Gasteiger charge is 2.39. The number of aliphatic carboxylic acids is 3. The number of hydrogen-bond acceptors (Lipinski definition) is 8. The van der Waals surface area contributed by atoms with Gasteiger partial charge in [0, 0.05) is 0 Å². The van der Waals surface area contributed by atoms with Gasteiger partial charge in [0.25, 0.3) is 0 Å². The van der Waals surface area contributed by atoms with E-state index in [0.717, 1.165) is 0 Å². The van der Waals surface area contributed by atoms with Crippen LogP contribution < -0.4 is 0 Å². The van der Waals surface area contributed by atoms with Crippen LogP contribution in [-0.4, -0.2) is 78.9 Å². The summed E-state index contributed by atoms with van der Waals surface area (Å²) >= 11 is 0. The molecular weight excluding hydrogens is 272 g/mol. The summed E-state index contributed by atoms with van der Waals surface area (Å²) in [6, 6.07) is 0. The molecule has 0 rings (SSSR count). The average molecular weight is 282 g/mol. The Morgan fingerprint density at radius 3 is 1.42 bits per heavy atom. The van der Waals surface area contributed by atoms with E-state index in [2.05, 4.69) is 4.74 Å². The highest BCUT2D eigenvalue weighted by atomic mass is 16.6. The van der Waals surface area contributed by atoms with Crippen LogP contribution in [0.1, 0.15) is 0 Å². The van der Waals surface area contributed by atoms with Crippen molar-refractivity contribution in [1.82, 2.24) is 0 Å². The Hall–Kier alpha value is -2.24. The van der Waals surface area contributed by atoms with E-state index in [9.17, 15) is 19.2 Å². The summed E-state index contributed by atoms with van der Waals surface area (Å²) in [6.07, 6.45) is -10.4. The largest absolute Gasteiger partial charge is 0.479 e. The van der Waals surface area contributed by atoms with Crippen molar-refractivity contribution in [2.24, 2.45) is 0 Å². The molecule has 11 nitrogen and oxygen atoms in total. The molecule has 11 heteroatoms. The second kappa shape index (κ2) is 6.63. The maximum atomic E-state index is 11.1. The number of aliphatic hydroxyl groups excluding tert-OH is 3. The van der Waals surface area contributed by atoms with Gasteiger partial charge in [-0.25, -0.2) is 19.2 Å². The monoisotopic (exact) mass is 282 g/mol. The number of rotatable bonds is 7. The van der Waals surface area contributed by atoms with Crippen LogP contribution in [0.3, 0.4) is 0 Å². The average Bonchev–Trinajstić information content (AvgIpc) is 2.31. The van der Waals surface area contributed by atoms with Gasteiger partial charge < -0.3 is 35.4 Å². The van der Waals surface area contributed by atoms with Gasteiger partial charge in [-0.2, -0.15) is 0 Å². The van der Waals surface area contributed by atoms with Crippen LogP contribution in [0, 0.1) is 0 Å². The highest BCUT2D eigenvalue weighted by Crippen LogP contribution is 2.06. The highest BCUT2D eigenvalue weighted by molar-refractivity contribution is 5.88. The number of carboxylic acid groups (broad SMARTS) is 3. The van der Waals surface area contributed by atoms with E-state index in [0.29, 0.717) is 0 Å². The third-order valence-corrected chi connectivity index (χ3v) is 1.82. The van der Waals surface area contributed by atoms with Crippen molar-refractivity contribution in [2.75, 3.05) is 0 Å². The zero-order chi connectivity index (χ0) is 15.3. The first-order chi connectivity index (χ1) is 8.59. The molecule has 0 heterocycles. The summed E-state index contributed by atoms with van der Waals surface area (Å²) < 4.78 is 3.93. The molecule has 108 valence electrons. The van der Waals surface area contributed by atoms with Crippen LogP contribution in [-0.2, 0) is 23.9 Å². The Morgan fingerprint density at radius 1 is 0.684 bits per heavy atom. The maximum absolute atomic E-state index is 11.1. The summed E-state index contributed by atoms with van der Waals surface area (Å²) in [5.74, 6) is -7.97. The normalized spacial score (nSPS) is 16.8. The Bertz CT molecular complexity index is 388. The van der Waals surface area contributed by atoms with Crippen molar-refractivity contribution in [2.45, 2.75) is 24.4 Å². The number of aliphatic hydroxyl groups is 3. The third kappa shape index (κ3) is 4.50. The fourth-order valence-electron chi connectivity index (χ4n) is 0.838. The maximum Gasteiger partial charge on any atom is 0.348 e. The minimum Gasteiger partial charge on any atom is -0.479 e. The molecule has 0 unspecified atom stereocenters. The molecular formula is C8H10O11. The van der Waals surface area contributed by atoms with Gasteiger partial charge in [-0.15, -0.1) is 0 Å². The number of hydrogen-bond donors (Lipinski definition) is 6. The lowest BCUT2D eigenvalue weighted by atomic mass is 10.2. The molecule has 19 heavy (non-hydrogen) atoms. The van der Waals surface area contributed by atoms with Crippen LogP contribution >= 0.6 is 0 Å². The lowest BCUT2D eigenvalue weighted by molar-refractivity contribution is -0.188. The summed E-state index contributed by atoms with van der Waals surface area (Å²) in [4.78, 5) is 42.2. The lowest BCUT2D eigenvalue weighted by Crippen LogP contribution is -2.47. The molecule has 4 atom stereocenters. The molecule has 0 aromatic carbocycles. The van der Waals surface area contributed by atoms with Crippen molar-refractivity contribution in [3.63, 3.8) is 0 Å². The number of carbonyl (C=O) groups is 4. The van der Waals surface area contributed by atoms with E-state index in [1.165, 1.54) is 0 Å². The van der Waals surface area contributed by atoms with Crippen molar-refractivity contribution in [3.05, 3.63) is 0 Å². The minimum absolute atomic E-state index is 1.91. The number of esters is 1. The predicted octanol–water partition coefficient (Wildman–Crippen LogP) is -3.77. The molecule has 0 aromatic heterocycles. The molecule has 0 aliphatic heterocycles. The molecule has 0 aliphatic carbocycles. The molecule has 0 spiro atoms. The van der Waals surface area contributed by atoms with E-state index in [-0.39, 0.29) is 0 Å². The van der Waals surface area contributed by atoms with Crippen molar-refractivity contribution in [1.29, 1.82) is 0 Å². The molecule has 0 fully saturated rings. The molecule has 0 saturated heterocycles. The van der Waals surface area contributed by atoms with Gasteiger partial charge in [0.1, 0.15) is 0 Å². The first-order valence-electron chi connectivity index (χ1n) is 4.52.